The van der Waals surface area contributed by atoms with Crippen LogP contribution >= 0.6 is 0 Å². The van der Waals surface area contributed by atoms with Gasteiger partial charge in [-0.05, 0) is 37.3 Å². The lowest BCUT2D eigenvalue weighted by molar-refractivity contribution is 0.0783. The van der Waals surface area contributed by atoms with E-state index in [2.05, 4.69) is 10.1 Å². The number of methoxy groups -OCH3 is 1. The number of nitrogens with zero attached hydrogens (tertiary/aromatic N) is 3. The largest absolute Gasteiger partial charge is 0.496 e. The third-order valence-electron chi connectivity index (χ3n) is 4.79. The number of hydrogen-bond donors (Lipinski definition) is 0. The van der Waals surface area contributed by atoms with E-state index in [0.29, 0.717) is 23.1 Å². The highest BCUT2D eigenvalue weighted by atomic mass is 16.5. The molecule has 1 aromatic heterocycles. The quantitative estimate of drug-likeness (QED) is 0.844. The van der Waals surface area contributed by atoms with E-state index < -0.39 is 0 Å². The number of hydrogen-bond acceptors (Lipinski definition) is 5. The maximum atomic E-state index is 12.7. The van der Waals surface area contributed by atoms with Crippen molar-refractivity contribution >= 4 is 5.91 Å². The highest BCUT2D eigenvalue weighted by Gasteiger charge is 2.32. The minimum atomic E-state index is 0.0294. The summed E-state index contributed by atoms with van der Waals surface area (Å²) in [6.07, 6.45) is 4.05. The molecule has 0 radical (unpaired) electrons. The van der Waals surface area contributed by atoms with E-state index in [0.717, 1.165) is 50.5 Å². The van der Waals surface area contributed by atoms with Gasteiger partial charge in [-0.15, -0.1) is 0 Å². The first-order chi connectivity index (χ1) is 11.7. The van der Waals surface area contributed by atoms with Crippen molar-refractivity contribution in [2.75, 3.05) is 20.2 Å². The molecule has 2 aromatic rings. The average molecular weight is 327 g/mol. The van der Waals surface area contributed by atoms with Crippen LogP contribution in [0.25, 0.3) is 0 Å². The summed E-state index contributed by atoms with van der Waals surface area (Å²) in [5.74, 6) is 3.07. The molecule has 1 saturated heterocycles. The monoisotopic (exact) mass is 327 g/mol. The number of carbonyl (C=O) groups is 1. The summed E-state index contributed by atoms with van der Waals surface area (Å²) in [7, 11) is 1.59. The molecule has 0 N–H and O–H groups in total. The lowest BCUT2D eigenvalue weighted by Gasteiger charge is -2.17. The van der Waals surface area contributed by atoms with Crippen molar-refractivity contribution in [3.63, 3.8) is 0 Å². The van der Waals surface area contributed by atoms with E-state index in [1.165, 1.54) is 0 Å². The zero-order valence-corrected chi connectivity index (χ0v) is 13.8. The van der Waals surface area contributed by atoms with Crippen LogP contribution in [-0.2, 0) is 6.42 Å². The molecule has 2 heterocycles. The lowest BCUT2D eigenvalue weighted by atomic mass is 10.0. The van der Waals surface area contributed by atoms with E-state index >= 15 is 0 Å². The van der Waals surface area contributed by atoms with Crippen LogP contribution in [-0.4, -0.2) is 41.1 Å². The van der Waals surface area contributed by atoms with Gasteiger partial charge in [0.15, 0.2) is 5.82 Å². The number of benzene rings is 1. The van der Waals surface area contributed by atoms with Gasteiger partial charge in [-0.1, -0.05) is 17.3 Å². The zero-order valence-electron chi connectivity index (χ0n) is 13.8. The number of rotatable bonds is 5. The Hall–Kier alpha value is -2.37. The topological polar surface area (TPSA) is 68.5 Å². The molecular weight excluding hydrogens is 306 g/mol. The van der Waals surface area contributed by atoms with Crippen molar-refractivity contribution in [2.24, 2.45) is 5.92 Å². The smallest absolute Gasteiger partial charge is 0.257 e. The first-order valence-corrected chi connectivity index (χ1v) is 8.49. The van der Waals surface area contributed by atoms with Crippen molar-refractivity contribution in [1.29, 1.82) is 0 Å². The Kier molecular flexibility index (Phi) is 3.96. The fourth-order valence-corrected chi connectivity index (χ4v) is 3.28. The van der Waals surface area contributed by atoms with Gasteiger partial charge < -0.3 is 14.2 Å². The minimum Gasteiger partial charge on any atom is -0.496 e. The molecule has 1 aromatic carbocycles. The molecule has 4 rings (SSSR count). The van der Waals surface area contributed by atoms with Crippen LogP contribution in [0.3, 0.4) is 0 Å². The number of likely N-dealkylation sites (tertiary alicyclic amines) is 1. The Balaban J connectivity index is 1.39. The SMILES string of the molecule is COc1ccccc1C(=O)N1CCC(Cc2noc(C3CC3)n2)C1. The summed E-state index contributed by atoms with van der Waals surface area (Å²) in [4.78, 5) is 19.1. The van der Waals surface area contributed by atoms with Gasteiger partial charge in [-0.3, -0.25) is 4.79 Å². The predicted molar refractivity (Wildman–Crippen MR) is 87.0 cm³/mol. The molecule has 2 aliphatic rings. The van der Waals surface area contributed by atoms with Crippen molar-refractivity contribution in [1.82, 2.24) is 15.0 Å². The highest BCUT2D eigenvalue weighted by Crippen LogP contribution is 2.39. The van der Waals surface area contributed by atoms with E-state index in [1.807, 2.05) is 29.2 Å². The van der Waals surface area contributed by atoms with Gasteiger partial charge in [0.05, 0.1) is 12.7 Å². The second-order valence-corrected chi connectivity index (χ2v) is 6.63. The Morgan fingerprint density at radius 1 is 1.33 bits per heavy atom. The van der Waals surface area contributed by atoms with Crippen LogP contribution in [0.5, 0.6) is 5.75 Å². The summed E-state index contributed by atoms with van der Waals surface area (Å²) >= 11 is 0. The van der Waals surface area contributed by atoms with Crippen LogP contribution in [0.1, 0.15) is 47.3 Å². The van der Waals surface area contributed by atoms with Gasteiger partial charge in [-0.2, -0.15) is 4.98 Å². The third-order valence-corrected chi connectivity index (χ3v) is 4.79. The molecule has 0 bridgehead atoms. The third kappa shape index (κ3) is 3.00. The summed E-state index contributed by atoms with van der Waals surface area (Å²) in [6, 6.07) is 7.37. The molecule has 1 atom stereocenters. The van der Waals surface area contributed by atoms with E-state index in [-0.39, 0.29) is 5.91 Å². The second-order valence-electron chi connectivity index (χ2n) is 6.63. The molecule has 2 fully saturated rings. The molecule has 1 amide bonds. The maximum Gasteiger partial charge on any atom is 0.257 e. The zero-order chi connectivity index (χ0) is 16.5. The fraction of sp³-hybridized carbons (Fsp3) is 0.500. The number of aromatic nitrogens is 2. The first-order valence-electron chi connectivity index (χ1n) is 8.49. The second kappa shape index (κ2) is 6.26. The number of para-hydroxylation sites is 1. The standard InChI is InChI=1S/C18H21N3O3/c1-23-15-5-3-2-4-14(15)18(22)21-9-8-12(11-21)10-16-19-17(24-20-16)13-6-7-13/h2-5,12-13H,6-11H2,1H3. The van der Waals surface area contributed by atoms with Crippen molar-refractivity contribution in [3.05, 3.63) is 41.5 Å². The summed E-state index contributed by atoms with van der Waals surface area (Å²) in [5, 5.41) is 4.09. The molecule has 24 heavy (non-hydrogen) atoms. The van der Waals surface area contributed by atoms with Gasteiger partial charge >= 0.3 is 0 Å². The molecule has 0 spiro atoms. The Labute approximate surface area is 140 Å². The Bertz CT molecular complexity index is 739. The highest BCUT2D eigenvalue weighted by molar-refractivity contribution is 5.97. The molecule has 1 unspecified atom stereocenters. The van der Waals surface area contributed by atoms with Gasteiger partial charge in [0.2, 0.25) is 5.89 Å². The predicted octanol–water partition coefficient (Wildman–Crippen LogP) is 2.66. The summed E-state index contributed by atoms with van der Waals surface area (Å²) < 4.78 is 10.6. The molecule has 6 nitrogen and oxygen atoms in total. The molecular formula is C18H21N3O3. The average Bonchev–Trinajstić information content (AvgIpc) is 3.19. The van der Waals surface area contributed by atoms with Gasteiger partial charge in [-0.25, -0.2) is 0 Å². The normalized spacial score (nSPS) is 20.4. The van der Waals surface area contributed by atoms with Crippen molar-refractivity contribution in [2.45, 2.75) is 31.6 Å². The molecule has 1 saturated carbocycles. The molecule has 126 valence electrons. The number of carbonyl (C=O) groups excluding carboxylic acids is 1. The van der Waals surface area contributed by atoms with Crippen LogP contribution in [0.2, 0.25) is 0 Å². The Morgan fingerprint density at radius 3 is 2.96 bits per heavy atom. The Morgan fingerprint density at radius 2 is 2.17 bits per heavy atom. The number of amides is 1. The first kappa shape index (κ1) is 15.2. The molecule has 6 heteroatoms. The van der Waals surface area contributed by atoms with E-state index in [4.69, 9.17) is 9.26 Å². The van der Waals surface area contributed by atoms with Gasteiger partial charge in [0.25, 0.3) is 5.91 Å². The molecule has 1 aliphatic heterocycles. The van der Waals surface area contributed by atoms with E-state index in [1.54, 1.807) is 7.11 Å². The van der Waals surface area contributed by atoms with Crippen LogP contribution in [0.15, 0.2) is 28.8 Å². The van der Waals surface area contributed by atoms with Crippen LogP contribution < -0.4 is 4.74 Å². The molecule has 1 aliphatic carbocycles. The summed E-state index contributed by atoms with van der Waals surface area (Å²) in [5.41, 5.74) is 0.622. The number of ether oxygens (including phenoxy) is 1. The van der Waals surface area contributed by atoms with Gasteiger partial charge in [0.1, 0.15) is 5.75 Å². The van der Waals surface area contributed by atoms with Crippen LogP contribution in [0.4, 0.5) is 0 Å². The summed E-state index contributed by atoms with van der Waals surface area (Å²) in [6.45, 7) is 1.49. The van der Waals surface area contributed by atoms with Crippen LogP contribution in [0, 0.1) is 5.92 Å². The minimum absolute atomic E-state index is 0.0294. The maximum absolute atomic E-state index is 12.7. The fourth-order valence-electron chi connectivity index (χ4n) is 3.28. The van der Waals surface area contributed by atoms with Crippen molar-refractivity contribution < 1.29 is 14.1 Å². The lowest BCUT2D eigenvalue weighted by Crippen LogP contribution is -2.29. The van der Waals surface area contributed by atoms with E-state index in [9.17, 15) is 4.79 Å². The van der Waals surface area contributed by atoms with Crippen molar-refractivity contribution in [3.8, 4) is 5.75 Å². The van der Waals surface area contributed by atoms with Gasteiger partial charge in [0, 0.05) is 25.4 Å².